The monoisotopic (exact) mass is 249 g/mol. The van der Waals surface area contributed by atoms with Gasteiger partial charge < -0.3 is 0 Å². The predicted molar refractivity (Wildman–Crippen MR) is 50.0 cm³/mol. The molecule has 5 heteroatoms. The molecule has 0 aliphatic rings. The standard InChI is InChI=1S/C7H8BrNO2S/c1-12(10,11)7-6(5-8)3-2-4-9-7/h2-4H,5H2,1H3. The van der Waals surface area contributed by atoms with Crippen LogP contribution in [0.2, 0.25) is 0 Å². The molecule has 0 fully saturated rings. The molecule has 0 aromatic carbocycles. The number of halogens is 1. The number of nitrogens with zero attached hydrogens (tertiary/aromatic N) is 1. The second-order valence-electron chi connectivity index (χ2n) is 2.37. The van der Waals surface area contributed by atoms with Crippen LogP contribution in [0.25, 0.3) is 0 Å². The zero-order chi connectivity index (χ0) is 9.19. The Hall–Kier alpha value is -0.420. The van der Waals surface area contributed by atoms with E-state index in [9.17, 15) is 8.42 Å². The van der Waals surface area contributed by atoms with E-state index in [-0.39, 0.29) is 5.03 Å². The van der Waals surface area contributed by atoms with Crippen LogP contribution in [0.1, 0.15) is 5.56 Å². The first kappa shape index (κ1) is 9.67. The minimum atomic E-state index is -3.19. The Morgan fingerprint density at radius 3 is 2.67 bits per heavy atom. The molecule has 1 rings (SSSR count). The van der Waals surface area contributed by atoms with Crippen molar-refractivity contribution in [3.05, 3.63) is 23.9 Å². The van der Waals surface area contributed by atoms with Gasteiger partial charge in [-0.2, -0.15) is 0 Å². The zero-order valence-electron chi connectivity index (χ0n) is 6.49. The summed E-state index contributed by atoms with van der Waals surface area (Å²) in [5.41, 5.74) is 0.694. The van der Waals surface area contributed by atoms with Crippen LogP contribution in [0.15, 0.2) is 23.4 Å². The van der Waals surface area contributed by atoms with Gasteiger partial charge in [-0.25, -0.2) is 13.4 Å². The molecule has 0 amide bonds. The number of rotatable bonds is 2. The Morgan fingerprint density at radius 2 is 2.25 bits per heavy atom. The molecule has 0 aliphatic carbocycles. The highest BCUT2D eigenvalue weighted by atomic mass is 79.9. The molecular formula is C7H8BrNO2S. The summed E-state index contributed by atoms with van der Waals surface area (Å²) in [6, 6.07) is 3.45. The van der Waals surface area contributed by atoms with Crippen molar-refractivity contribution >= 4 is 25.8 Å². The van der Waals surface area contributed by atoms with E-state index in [0.717, 1.165) is 6.26 Å². The summed E-state index contributed by atoms with van der Waals surface area (Å²) in [7, 11) is -3.19. The average molecular weight is 250 g/mol. The molecule has 1 aromatic heterocycles. The number of pyridine rings is 1. The third kappa shape index (κ3) is 2.04. The molecular weight excluding hydrogens is 242 g/mol. The maximum atomic E-state index is 11.1. The SMILES string of the molecule is CS(=O)(=O)c1ncccc1CBr. The maximum absolute atomic E-state index is 11.1. The molecule has 0 radical (unpaired) electrons. The number of hydrogen-bond donors (Lipinski definition) is 0. The summed E-state index contributed by atoms with van der Waals surface area (Å²) in [5, 5.41) is 0.658. The molecule has 66 valence electrons. The van der Waals surface area contributed by atoms with Crippen LogP contribution in [-0.4, -0.2) is 19.7 Å². The molecule has 1 aromatic rings. The van der Waals surface area contributed by atoms with Gasteiger partial charge in [0.05, 0.1) is 0 Å². The highest BCUT2D eigenvalue weighted by Gasteiger charge is 2.12. The predicted octanol–water partition coefficient (Wildman–Crippen LogP) is 1.38. The Kier molecular flexibility index (Phi) is 2.85. The summed E-state index contributed by atoms with van der Waals surface area (Å²) < 4.78 is 22.3. The van der Waals surface area contributed by atoms with Gasteiger partial charge in [0, 0.05) is 23.3 Å². The van der Waals surface area contributed by atoms with Gasteiger partial charge >= 0.3 is 0 Å². The van der Waals surface area contributed by atoms with Crippen LogP contribution >= 0.6 is 15.9 Å². The fourth-order valence-electron chi connectivity index (χ4n) is 0.860. The first-order valence-electron chi connectivity index (χ1n) is 3.25. The summed E-state index contributed by atoms with van der Waals surface area (Å²) >= 11 is 3.20. The third-order valence-corrected chi connectivity index (χ3v) is 3.02. The van der Waals surface area contributed by atoms with Crippen molar-refractivity contribution in [2.24, 2.45) is 0 Å². The van der Waals surface area contributed by atoms with Gasteiger partial charge in [-0.05, 0) is 6.07 Å². The first-order valence-corrected chi connectivity index (χ1v) is 6.27. The zero-order valence-corrected chi connectivity index (χ0v) is 8.89. The number of sulfone groups is 1. The van der Waals surface area contributed by atoms with Crippen molar-refractivity contribution in [3.8, 4) is 0 Å². The topological polar surface area (TPSA) is 47.0 Å². The number of hydrogen-bond acceptors (Lipinski definition) is 3. The molecule has 0 saturated heterocycles. The molecule has 0 N–H and O–H groups in total. The Bertz CT molecular complexity index is 375. The Labute approximate surface area is 79.9 Å². The van der Waals surface area contributed by atoms with Crippen molar-refractivity contribution < 1.29 is 8.42 Å². The van der Waals surface area contributed by atoms with Crippen LogP contribution in [0, 0.1) is 0 Å². The van der Waals surface area contributed by atoms with Gasteiger partial charge in [-0.3, -0.25) is 0 Å². The van der Waals surface area contributed by atoms with Gasteiger partial charge in [0.25, 0.3) is 0 Å². The summed E-state index contributed by atoms with van der Waals surface area (Å²) in [4.78, 5) is 3.80. The smallest absolute Gasteiger partial charge is 0.193 e. The van der Waals surface area contributed by atoms with Crippen molar-refractivity contribution in [2.75, 3.05) is 6.26 Å². The number of alkyl halides is 1. The highest BCUT2D eigenvalue weighted by molar-refractivity contribution is 9.08. The lowest BCUT2D eigenvalue weighted by molar-refractivity contribution is 0.597. The van der Waals surface area contributed by atoms with E-state index in [1.165, 1.54) is 6.20 Å². The molecule has 0 spiro atoms. The van der Waals surface area contributed by atoms with Crippen LogP contribution in [-0.2, 0) is 15.2 Å². The molecule has 0 aliphatic heterocycles. The van der Waals surface area contributed by atoms with Gasteiger partial charge in [0.2, 0.25) is 0 Å². The lowest BCUT2D eigenvalue weighted by Crippen LogP contribution is -2.03. The van der Waals surface area contributed by atoms with E-state index < -0.39 is 9.84 Å². The van der Waals surface area contributed by atoms with Crippen LogP contribution in [0.4, 0.5) is 0 Å². The van der Waals surface area contributed by atoms with Crippen molar-refractivity contribution in [1.29, 1.82) is 0 Å². The Balaban J connectivity index is 3.33. The molecule has 0 atom stereocenters. The molecule has 0 unspecified atom stereocenters. The second-order valence-corrected chi connectivity index (χ2v) is 4.87. The van der Waals surface area contributed by atoms with Gasteiger partial charge in [0.1, 0.15) is 0 Å². The van der Waals surface area contributed by atoms with E-state index in [4.69, 9.17) is 0 Å². The van der Waals surface area contributed by atoms with Crippen LogP contribution in [0.5, 0.6) is 0 Å². The third-order valence-electron chi connectivity index (χ3n) is 1.35. The fourth-order valence-corrected chi connectivity index (χ4v) is 2.37. The quantitative estimate of drug-likeness (QED) is 0.745. The van der Waals surface area contributed by atoms with Crippen LogP contribution in [0.3, 0.4) is 0 Å². The van der Waals surface area contributed by atoms with E-state index in [1.54, 1.807) is 12.1 Å². The molecule has 1 heterocycles. The highest BCUT2D eigenvalue weighted by Crippen LogP contribution is 2.14. The largest absolute Gasteiger partial charge is 0.244 e. The molecule has 0 saturated carbocycles. The first-order chi connectivity index (χ1) is 5.55. The summed E-state index contributed by atoms with van der Waals surface area (Å²) in [6.07, 6.45) is 2.63. The lowest BCUT2D eigenvalue weighted by atomic mass is 10.3. The lowest BCUT2D eigenvalue weighted by Gasteiger charge is -2.01. The molecule has 3 nitrogen and oxygen atoms in total. The van der Waals surface area contributed by atoms with E-state index in [1.807, 2.05) is 0 Å². The van der Waals surface area contributed by atoms with Crippen molar-refractivity contribution in [3.63, 3.8) is 0 Å². The van der Waals surface area contributed by atoms with Gasteiger partial charge in [-0.1, -0.05) is 22.0 Å². The maximum Gasteiger partial charge on any atom is 0.193 e. The van der Waals surface area contributed by atoms with Crippen LogP contribution < -0.4 is 0 Å². The fraction of sp³-hybridized carbons (Fsp3) is 0.286. The number of aromatic nitrogens is 1. The minimum Gasteiger partial charge on any atom is -0.244 e. The van der Waals surface area contributed by atoms with Crippen molar-refractivity contribution in [2.45, 2.75) is 10.4 Å². The second kappa shape index (κ2) is 3.53. The molecule has 12 heavy (non-hydrogen) atoms. The Morgan fingerprint density at radius 1 is 1.58 bits per heavy atom. The normalized spacial score (nSPS) is 11.5. The summed E-state index contributed by atoms with van der Waals surface area (Å²) in [5.74, 6) is 0. The average Bonchev–Trinajstić information content (AvgIpc) is 2.03. The summed E-state index contributed by atoms with van der Waals surface area (Å²) in [6.45, 7) is 0. The van der Waals surface area contributed by atoms with Crippen molar-refractivity contribution in [1.82, 2.24) is 4.98 Å². The molecule has 0 bridgehead atoms. The van der Waals surface area contributed by atoms with Gasteiger partial charge in [0.15, 0.2) is 14.9 Å². The van der Waals surface area contributed by atoms with E-state index in [2.05, 4.69) is 20.9 Å². The van der Waals surface area contributed by atoms with Gasteiger partial charge in [-0.15, -0.1) is 0 Å². The van der Waals surface area contributed by atoms with E-state index in [0.29, 0.717) is 10.9 Å². The van der Waals surface area contributed by atoms with E-state index >= 15 is 0 Å². The minimum absolute atomic E-state index is 0.155.